The maximum absolute atomic E-state index is 2.32. The van der Waals surface area contributed by atoms with Crippen LogP contribution in [0.15, 0.2) is 30.3 Å². The summed E-state index contributed by atoms with van der Waals surface area (Å²) < 4.78 is 0. The van der Waals surface area contributed by atoms with Crippen molar-refractivity contribution < 1.29 is 0 Å². The van der Waals surface area contributed by atoms with Gasteiger partial charge in [-0.15, -0.1) is 0 Å². The standard InChI is InChI=1S/C12H15/c1-10(12-8-5-9-12)11-6-3-2-4-7-11/h2-4,6-7,10H,5,8-9H2,1H3. The highest BCUT2D eigenvalue weighted by Crippen LogP contribution is 2.40. The topological polar surface area (TPSA) is 0 Å². The molecule has 0 nitrogen and oxygen atoms in total. The molecule has 63 valence electrons. The van der Waals surface area contributed by atoms with Crippen LogP contribution < -0.4 is 0 Å². The first-order valence-corrected chi connectivity index (χ1v) is 4.77. The lowest BCUT2D eigenvalue weighted by Gasteiger charge is -2.31. The molecule has 1 atom stereocenters. The molecule has 1 aromatic rings. The first-order valence-electron chi connectivity index (χ1n) is 4.77. The van der Waals surface area contributed by atoms with Crippen LogP contribution in [0.5, 0.6) is 0 Å². The summed E-state index contributed by atoms with van der Waals surface area (Å²) in [4.78, 5) is 0. The minimum Gasteiger partial charge on any atom is -0.0622 e. The van der Waals surface area contributed by atoms with Gasteiger partial charge in [0.2, 0.25) is 0 Å². The van der Waals surface area contributed by atoms with Gasteiger partial charge in [-0.25, -0.2) is 0 Å². The summed E-state index contributed by atoms with van der Waals surface area (Å²) in [7, 11) is 0. The second-order valence-corrected chi connectivity index (χ2v) is 3.64. The molecule has 12 heavy (non-hydrogen) atoms. The Labute approximate surface area is 74.6 Å². The Balaban J connectivity index is 2.08. The van der Waals surface area contributed by atoms with E-state index in [1.807, 2.05) is 0 Å². The number of hydrogen-bond acceptors (Lipinski definition) is 0. The van der Waals surface area contributed by atoms with Crippen molar-refractivity contribution in [3.05, 3.63) is 41.8 Å². The molecule has 1 aliphatic carbocycles. The molecule has 1 aromatic carbocycles. The molecule has 0 saturated heterocycles. The molecule has 0 bridgehead atoms. The molecule has 1 radical (unpaired) electrons. The number of hydrogen-bond donors (Lipinski definition) is 0. The Morgan fingerprint density at radius 3 is 2.25 bits per heavy atom. The van der Waals surface area contributed by atoms with Crippen molar-refractivity contribution in [3.63, 3.8) is 0 Å². The summed E-state index contributed by atoms with van der Waals surface area (Å²) in [6.07, 6.45) is 4.12. The van der Waals surface area contributed by atoms with E-state index in [4.69, 9.17) is 0 Å². The van der Waals surface area contributed by atoms with Gasteiger partial charge in [-0.3, -0.25) is 0 Å². The molecular formula is C12H15. The van der Waals surface area contributed by atoms with E-state index < -0.39 is 0 Å². The predicted molar refractivity (Wildman–Crippen MR) is 52.0 cm³/mol. The SMILES string of the molecule is CC([C]1CCC1)c1ccccc1. The fraction of sp³-hybridized carbons (Fsp3) is 0.417. The van der Waals surface area contributed by atoms with E-state index >= 15 is 0 Å². The van der Waals surface area contributed by atoms with E-state index in [-0.39, 0.29) is 0 Å². The Bertz CT molecular complexity index is 233. The van der Waals surface area contributed by atoms with Crippen LogP contribution in [0.25, 0.3) is 0 Å². The Kier molecular flexibility index (Phi) is 2.16. The molecule has 1 aliphatic rings. The van der Waals surface area contributed by atoms with Crippen LogP contribution in [0.3, 0.4) is 0 Å². The maximum Gasteiger partial charge on any atom is -0.0128 e. The lowest BCUT2D eigenvalue weighted by molar-refractivity contribution is 0.482. The van der Waals surface area contributed by atoms with Crippen LogP contribution in [0.2, 0.25) is 0 Å². The third kappa shape index (κ3) is 1.38. The van der Waals surface area contributed by atoms with Crippen molar-refractivity contribution in [2.75, 3.05) is 0 Å². The summed E-state index contributed by atoms with van der Waals surface area (Å²) in [5.74, 6) is 2.43. The van der Waals surface area contributed by atoms with Crippen LogP contribution in [-0.2, 0) is 0 Å². The first-order chi connectivity index (χ1) is 5.88. The minimum absolute atomic E-state index is 0.694. The third-order valence-electron chi connectivity index (χ3n) is 2.91. The van der Waals surface area contributed by atoms with E-state index in [2.05, 4.69) is 37.3 Å². The van der Waals surface area contributed by atoms with Crippen molar-refractivity contribution in [2.45, 2.75) is 32.1 Å². The van der Waals surface area contributed by atoms with E-state index in [0.717, 1.165) is 0 Å². The van der Waals surface area contributed by atoms with Crippen LogP contribution in [-0.4, -0.2) is 0 Å². The fourth-order valence-electron chi connectivity index (χ4n) is 1.79. The van der Waals surface area contributed by atoms with Crippen LogP contribution >= 0.6 is 0 Å². The van der Waals surface area contributed by atoms with Gasteiger partial charge in [-0.05, 0) is 30.2 Å². The lowest BCUT2D eigenvalue weighted by Crippen LogP contribution is -2.15. The monoisotopic (exact) mass is 159 g/mol. The van der Waals surface area contributed by atoms with Crippen molar-refractivity contribution in [3.8, 4) is 0 Å². The highest BCUT2D eigenvalue weighted by atomic mass is 14.3. The normalized spacial score (nSPS) is 20.1. The van der Waals surface area contributed by atoms with Gasteiger partial charge in [-0.2, -0.15) is 0 Å². The van der Waals surface area contributed by atoms with Crippen LogP contribution in [0.4, 0.5) is 0 Å². The first kappa shape index (κ1) is 7.85. The zero-order valence-corrected chi connectivity index (χ0v) is 7.59. The Morgan fingerprint density at radius 2 is 1.75 bits per heavy atom. The lowest BCUT2D eigenvalue weighted by atomic mass is 9.74. The third-order valence-corrected chi connectivity index (χ3v) is 2.91. The zero-order chi connectivity index (χ0) is 8.39. The fourth-order valence-corrected chi connectivity index (χ4v) is 1.79. The summed E-state index contributed by atoms with van der Waals surface area (Å²) in [5.41, 5.74) is 1.48. The van der Waals surface area contributed by atoms with Gasteiger partial charge >= 0.3 is 0 Å². The number of benzene rings is 1. The van der Waals surface area contributed by atoms with E-state index in [1.165, 1.54) is 24.8 Å². The second kappa shape index (κ2) is 3.30. The van der Waals surface area contributed by atoms with Gasteiger partial charge in [0.15, 0.2) is 0 Å². The Hall–Kier alpha value is -0.780. The quantitative estimate of drug-likeness (QED) is 0.619. The van der Waals surface area contributed by atoms with Gasteiger partial charge in [0.1, 0.15) is 0 Å². The predicted octanol–water partition coefficient (Wildman–Crippen LogP) is 3.55. The molecule has 0 amide bonds. The average molecular weight is 159 g/mol. The largest absolute Gasteiger partial charge is 0.0622 e. The van der Waals surface area contributed by atoms with Crippen molar-refractivity contribution in [1.82, 2.24) is 0 Å². The maximum atomic E-state index is 2.32. The summed E-state index contributed by atoms with van der Waals surface area (Å²) in [6.45, 7) is 2.32. The Morgan fingerprint density at radius 1 is 1.08 bits per heavy atom. The molecular weight excluding hydrogens is 144 g/mol. The minimum atomic E-state index is 0.694. The molecule has 0 heteroatoms. The molecule has 0 aliphatic heterocycles. The average Bonchev–Trinajstić information content (AvgIpc) is 2.03. The van der Waals surface area contributed by atoms with Crippen molar-refractivity contribution >= 4 is 0 Å². The smallest absolute Gasteiger partial charge is 0.0128 e. The summed E-state index contributed by atoms with van der Waals surface area (Å²) in [5, 5.41) is 0. The molecule has 1 saturated carbocycles. The molecule has 1 unspecified atom stereocenters. The van der Waals surface area contributed by atoms with E-state index in [1.54, 1.807) is 5.92 Å². The van der Waals surface area contributed by atoms with Crippen molar-refractivity contribution in [2.24, 2.45) is 0 Å². The molecule has 0 heterocycles. The molecule has 0 spiro atoms. The summed E-state index contributed by atoms with van der Waals surface area (Å²) >= 11 is 0. The number of rotatable bonds is 2. The van der Waals surface area contributed by atoms with Gasteiger partial charge in [0.05, 0.1) is 0 Å². The molecule has 0 N–H and O–H groups in total. The van der Waals surface area contributed by atoms with Gasteiger partial charge in [0.25, 0.3) is 0 Å². The van der Waals surface area contributed by atoms with Gasteiger partial charge < -0.3 is 0 Å². The van der Waals surface area contributed by atoms with Crippen LogP contribution in [0.1, 0.15) is 37.7 Å². The highest BCUT2D eigenvalue weighted by Gasteiger charge is 2.24. The van der Waals surface area contributed by atoms with Crippen LogP contribution in [0, 0.1) is 5.92 Å². The molecule has 0 aromatic heterocycles. The second-order valence-electron chi connectivity index (χ2n) is 3.64. The molecule has 2 rings (SSSR count). The van der Waals surface area contributed by atoms with Gasteiger partial charge in [-0.1, -0.05) is 43.7 Å². The van der Waals surface area contributed by atoms with E-state index in [9.17, 15) is 0 Å². The van der Waals surface area contributed by atoms with E-state index in [0.29, 0.717) is 5.92 Å². The summed E-state index contributed by atoms with van der Waals surface area (Å²) in [6, 6.07) is 10.8. The molecule has 1 fully saturated rings. The highest BCUT2D eigenvalue weighted by molar-refractivity contribution is 5.26. The zero-order valence-electron chi connectivity index (χ0n) is 7.59. The van der Waals surface area contributed by atoms with Crippen molar-refractivity contribution in [1.29, 1.82) is 0 Å². The van der Waals surface area contributed by atoms with Gasteiger partial charge in [0, 0.05) is 0 Å².